The van der Waals surface area contributed by atoms with Crippen molar-refractivity contribution in [2.24, 2.45) is 0 Å². The molecular formula is C22H27N9O. The standard InChI is InChI=1S/C22H27N9O/c1-15-14-20(29-28-15)25-21-24-19(26-22(27-21)31-12-10-30(3)11-13-31)9-6-17-4-7-18(8-5-17)23-16(2)32/h4-9,14H,10-13H2,1-3H3,(H,23,32)(H2,24,25,26,27,28,29)/b9-6+. The van der Waals surface area contributed by atoms with Crippen molar-refractivity contribution in [1.29, 1.82) is 0 Å². The third-order valence-corrected chi connectivity index (χ3v) is 5.03. The lowest BCUT2D eigenvalue weighted by Crippen LogP contribution is -2.45. The van der Waals surface area contributed by atoms with Crippen LogP contribution < -0.4 is 15.5 Å². The molecule has 0 saturated carbocycles. The van der Waals surface area contributed by atoms with E-state index in [1.807, 2.05) is 49.4 Å². The Bertz CT molecular complexity index is 1100. The first-order valence-electron chi connectivity index (χ1n) is 10.5. The van der Waals surface area contributed by atoms with Gasteiger partial charge in [-0.15, -0.1) is 0 Å². The molecule has 32 heavy (non-hydrogen) atoms. The molecule has 0 unspecified atom stereocenters. The number of anilines is 4. The first-order chi connectivity index (χ1) is 15.4. The average molecular weight is 434 g/mol. The van der Waals surface area contributed by atoms with E-state index >= 15 is 0 Å². The minimum Gasteiger partial charge on any atom is -0.338 e. The molecule has 0 aliphatic carbocycles. The van der Waals surface area contributed by atoms with Gasteiger partial charge in [-0.05, 0) is 37.7 Å². The van der Waals surface area contributed by atoms with Gasteiger partial charge in [0.05, 0.1) is 0 Å². The molecule has 0 bridgehead atoms. The lowest BCUT2D eigenvalue weighted by molar-refractivity contribution is -0.114. The molecule has 10 nitrogen and oxygen atoms in total. The van der Waals surface area contributed by atoms with Gasteiger partial charge in [-0.25, -0.2) is 0 Å². The summed E-state index contributed by atoms with van der Waals surface area (Å²) in [7, 11) is 2.11. The number of likely N-dealkylation sites (N-methyl/N-ethyl adjacent to an activating group) is 1. The molecule has 2 aromatic heterocycles. The highest BCUT2D eigenvalue weighted by Gasteiger charge is 2.18. The number of carbonyl (C=O) groups is 1. The van der Waals surface area contributed by atoms with Gasteiger partial charge in [0.25, 0.3) is 0 Å². The van der Waals surface area contributed by atoms with Crippen molar-refractivity contribution in [1.82, 2.24) is 30.0 Å². The number of amides is 1. The van der Waals surface area contributed by atoms with Crippen molar-refractivity contribution >= 4 is 41.5 Å². The molecular weight excluding hydrogens is 406 g/mol. The van der Waals surface area contributed by atoms with Gasteiger partial charge in [-0.3, -0.25) is 9.89 Å². The van der Waals surface area contributed by atoms with Gasteiger partial charge in [-0.1, -0.05) is 18.2 Å². The molecule has 0 spiro atoms. The number of hydrogen-bond acceptors (Lipinski definition) is 8. The number of piperazine rings is 1. The minimum atomic E-state index is -0.0953. The fourth-order valence-corrected chi connectivity index (χ4v) is 3.31. The van der Waals surface area contributed by atoms with Crippen molar-refractivity contribution in [2.75, 3.05) is 48.8 Å². The Morgan fingerprint density at radius 3 is 2.47 bits per heavy atom. The van der Waals surface area contributed by atoms with Gasteiger partial charge < -0.3 is 20.4 Å². The summed E-state index contributed by atoms with van der Waals surface area (Å²) in [6.45, 7) is 7.05. The highest BCUT2D eigenvalue weighted by molar-refractivity contribution is 5.88. The first kappa shape index (κ1) is 21.4. The van der Waals surface area contributed by atoms with E-state index < -0.39 is 0 Å². The number of rotatable bonds is 6. The van der Waals surface area contributed by atoms with Crippen molar-refractivity contribution < 1.29 is 4.79 Å². The molecule has 3 heterocycles. The third kappa shape index (κ3) is 5.67. The second-order valence-corrected chi connectivity index (χ2v) is 7.81. The van der Waals surface area contributed by atoms with Crippen molar-refractivity contribution in [3.63, 3.8) is 0 Å². The maximum absolute atomic E-state index is 11.2. The summed E-state index contributed by atoms with van der Waals surface area (Å²) in [5.74, 6) is 2.20. The zero-order chi connectivity index (χ0) is 22.5. The predicted molar refractivity (Wildman–Crippen MR) is 126 cm³/mol. The van der Waals surface area contributed by atoms with Crippen LogP contribution in [0.4, 0.5) is 23.4 Å². The van der Waals surface area contributed by atoms with Crippen LogP contribution in [0.2, 0.25) is 0 Å². The third-order valence-electron chi connectivity index (χ3n) is 5.03. The quantitative estimate of drug-likeness (QED) is 0.543. The van der Waals surface area contributed by atoms with Crippen molar-refractivity contribution in [2.45, 2.75) is 13.8 Å². The van der Waals surface area contributed by atoms with Crippen LogP contribution in [0.25, 0.3) is 12.2 Å². The van der Waals surface area contributed by atoms with E-state index in [0.29, 0.717) is 23.5 Å². The first-order valence-corrected chi connectivity index (χ1v) is 10.5. The van der Waals surface area contributed by atoms with Crippen molar-refractivity contribution in [3.05, 3.63) is 47.4 Å². The van der Waals surface area contributed by atoms with Crippen LogP contribution in [0.3, 0.4) is 0 Å². The topological polar surface area (TPSA) is 115 Å². The smallest absolute Gasteiger partial charge is 0.233 e. The molecule has 166 valence electrons. The van der Waals surface area contributed by atoms with E-state index in [0.717, 1.165) is 43.1 Å². The molecule has 10 heteroatoms. The largest absolute Gasteiger partial charge is 0.338 e. The van der Waals surface area contributed by atoms with Crippen LogP contribution >= 0.6 is 0 Å². The fourth-order valence-electron chi connectivity index (χ4n) is 3.31. The molecule has 0 atom stereocenters. The Kier molecular flexibility index (Phi) is 6.41. The molecule has 1 amide bonds. The number of H-pyrrole nitrogens is 1. The number of hydrogen-bond donors (Lipinski definition) is 3. The van der Waals surface area contributed by atoms with Gasteiger partial charge in [0, 0.05) is 50.6 Å². The number of aryl methyl sites for hydroxylation is 1. The van der Waals surface area contributed by atoms with Gasteiger partial charge in [-0.2, -0.15) is 20.1 Å². The maximum atomic E-state index is 11.2. The zero-order valence-electron chi connectivity index (χ0n) is 18.5. The molecule has 1 aromatic carbocycles. The van der Waals surface area contributed by atoms with Crippen LogP contribution in [-0.4, -0.2) is 69.2 Å². The second kappa shape index (κ2) is 9.56. The van der Waals surface area contributed by atoms with E-state index in [4.69, 9.17) is 0 Å². The Labute approximate surface area is 186 Å². The Morgan fingerprint density at radius 1 is 1.06 bits per heavy atom. The van der Waals surface area contributed by atoms with Gasteiger partial charge >= 0.3 is 0 Å². The number of nitrogens with zero attached hydrogens (tertiary/aromatic N) is 6. The van der Waals surface area contributed by atoms with Crippen LogP contribution in [0.15, 0.2) is 30.3 Å². The predicted octanol–water partition coefficient (Wildman–Crippen LogP) is 2.53. The number of carbonyl (C=O) groups excluding carboxylic acids is 1. The molecule has 3 aromatic rings. The number of aromatic amines is 1. The van der Waals surface area contributed by atoms with Crippen molar-refractivity contribution in [3.8, 4) is 0 Å². The number of aromatic nitrogens is 5. The van der Waals surface area contributed by atoms with Crippen LogP contribution in [0.1, 0.15) is 24.0 Å². The summed E-state index contributed by atoms with van der Waals surface area (Å²) in [5, 5.41) is 13.0. The van der Waals surface area contributed by atoms with E-state index in [1.165, 1.54) is 6.92 Å². The Morgan fingerprint density at radius 2 is 1.81 bits per heavy atom. The van der Waals surface area contributed by atoms with Crippen LogP contribution in [0, 0.1) is 6.92 Å². The van der Waals surface area contributed by atoms with E-state index in [-0.39, 0.29) is 5.91 Å². The summed E-state index contributed by atoms with van der Waals surface area (Å²) >= 11 is 0. The van der Waals surface area contributed by atoms with E-state index in [9.17, 15) is 4.79 Å². The second-order valence-electron chi connectivity index (χ2n) is 7.81. The molecule has 1 saturated heterocycles. The lowest BCUT2D eigenvalue weighted by atomic mass is 10.2. The summed E-state index contributed by atoms with van der Waals surface area (Å²) in [5.41, 5.74) is 2.68. The number of benzene rings is 1. The summed E-state index contributed by atoms with van der Waals surface area (Å²) < 4.78 is 0. The normalized spacial score (nSPS) is 14.7. The molecule has 0 radical (unpaired) electrons. The lowest BCUT2D eigenvalue weighted by Gasteiger charge is -2.32. The Hall–Kier alpha value is -3.79. The SMILES string of the molecule is CC(=O)Nc1ccc(/C=C/c2nc(Nc3cc(C)[nH]n3)nc(N3CCN(C)CC3)n2)cc1. The highest BCUT2D eigenvalue weighted by Crippen LogP contribution is 2.18. The molecule has 1 aliphatic rings. The van der Waals surface area contributed by atoms with Gasteiger partial charge in [0.1, 0.15) is 0 Å². The maximum Gasteiger partial charge on any atom is 0.233 e. The van der Waals surface area contributed by atoms with Crippen LogP contribution in [0.5, 0.6) is 0 Å². The summed E-state index contributed by atoms with van der Waals surface area (Å²) in [4.78, 5) is 29.5. The van der Waals surface area contributed by atoms with E-state index in [1.54, 1.807) is 0 Å². The molecule has 4 rings (SSSR count). The van der Waals surface area contributed by atoms with E-state index in [2.05, 4.69) is 52.6 Å². The zero-order valence-corrected chi connectivity index (χ0v) is 18.5. The van der Waals surface area contributed by atoms with Gasteiger partial charge in [0.15, 0.2) is 11.6 Å². The molecule has 3 N–H and O–H groups in total. The molecule has 1 aliphatic heterocycles. The minimum absolute atomic E-state index is 0.0953. The van der Waals surface area contributed by atoms with Crippen LogP contribution in [-0.2, 0) is 4.79 Å². The monoisotopic (exact) mass is 433 g/mol. The average Bonchev–Trinajstić information content (AvgIpc) is 3.17. The highest BCUT2D eigenvalue weighted by atomic mass is 16.1. The summed E-state index contributed by atoms with van der Waals surface area (Å²) in [6, 6.07) is 9.46. The Balaban J connectivity index is 1.57. The van der Waals surface area contributed by atoms with Gasteiger partial charge in [0.2, 0.25) is 17.8 Å². The summed E-state index contributed by atoms with van der Waals surface area (Å²) in [6.07, 6.45) is 3.79. The fraction of sp³-hybridized carbons (Fsp3) is 0.318. The number of nitrogens with one attached hydrogen (secondary N) is 3. The molecule has 1 fully saturated rings.